The van der Waals surface area contributed by atoms with E-state index in [2.05, 4.69) is 65.7 Å². The lowest BCUT2D eigenvalue weighted by atomic mass is 9.75. The fourth-order valence-electron chi connectivity index (χ4n) is 3.16. The van der Waals surface area contributed by atoms with E-state index >= 15 is 0 Å². The van der Waals surface area contributed by atoms with E-state index in [4.69, 9.17) is 0 Å². The summed E-state index contributed by atoms with van der Waals surface area (Å²) in [6, 6.07) is 1.44. The normalized spacial score (nSPS) is 23.9. The van der Waals surface area contributed by atoms with E-state index in [0.717, 1.165) is 12.6 Å². The third-order valence-electron chi connectivity index (χ3n) is 5.30. The Balaban J connectivity index is 2.44. The number of hydrogen-bond donors (Lipinski definition) is 1. The molecule has 1 aliphatic carbocycles. The van der Waals surface area contributed by atoms with Crippen LogP contribution in [-0.4, -0.2) is 36.1 Å². The molecule has 0 bridgehead atoms. The first-order chi connectivity index (χ1) is 9.02. The maximum Gasteiger partial charge on any atom is 0.0105 e. The standard InChI is InChI=1S/C18H38N2/c1-14(13-19-17(3,4)5)15(2)20(8)16-9-11-18(6,7)12-10-16/h14-16,19H,9-13H2,1-8H3. The van der Waals surface area contributed by atoms with Crippen molar-refractivity contribution in [3.63, 3.8) is 0 Å². The van der Waals surface area contributed by atoms with E-state index in [9.17, 15) is 0 Å². The summed E-state index contributed by atoms with van der Waals surface area (Å²) < 4.78 is 0. The molecule has 2 heteroatoms. The number of nitrogens with one attached hydrogen (secondary N) is 1. The van der Waals surface area contributed by atoms with Gasteiger partial charge in [-0.05, 0) is 78.3 Å². The van der Waals surface area contributed by atoms with Gasteiger partial charge < -0.3 is 10.2 Å². The van der Waals surface area contributed by atoms with Crippen molar-refractivity contribution in [1.29, 1.82) is 0 Å². The monoisotopic (exact) mass is 282 g/mol. The Hall–Kier alpha value is -0.0800. The fourth-order valence-corrected chi connectivity index (χ4v) is 3.16. The van der Waals surface area contributed by atoms with Crippen LogP contribution >= 0.6 is 0 Å². The molecule has 2 atom stereocenters. The highest BCUT2D eigenvalue weighted by Crippen LogP contribution is 2.37. The Morgan fingerprint density at radius 1 is 1.15 bits per heavy atom. The van der Waals surface area contributed by atoms with Gasteiger partial charge in [-0.25, -0.2) is 0 Å². The lowest BCUT2D eigenvalue weighted by Gasteiger charge is -2.42. The Bertz CT molecular complexity index is 280. The quantitative estimate of drug-likeness (QED) is 0.809. The van der Waals surface area contributed by atoms with Crippen molar-refractivity contribution in [3.8, 4) is 0 Å². The Kier molecular flexibility index (Phi) is 6.10. The van der Waals surface area contributed by atoms with Gasteiger partial charge in [0.2, 0.25) is 0 Å². The predicted octanol–water partition coefficient (Wildman–Crippen LogP) is 4.30. The van der Waals surface area contributed by atoms with Crippen LogP contribution in [0.4, 0.5) is 0 Å². The molecule has 2 nitrogen and oxygen atoms in total. The highest BCUT2D eigenvalue weighted by Gasteiger charge is 2.31. The van der Waals surface area contributed by atoms with Crippen molar-refractivity contribution in [2.45, 2.75) is 91.8 Å². The first-order valence-corrected chi connectivity index (χ1v) is 8.49. The van der Waals surface area contributed by atoms with Crippen molar-refractivity contribution in [2.75, 3.05) is 13.6 Å². The second-order valence-electron chi connectivity index (χ2n) is 8.91. The molecule has 0 radical (unpaired) electrons. The minimum atomic E-state index is 0.224. The van der Waals surface area contributed by atoms with Gasteiger partial charge in [-0.1, -0.05) is 20.8 Å². The SMILES string of the molecule is CC(CNC(C)(C)C)C(C)N(C)C1CCC(C)(C)CC1. The Morgan fingerprint density at radius 3 is 2.10 bits per heavy atom. The highest BCUT2D eigenvalue weighted by molar-refractivity contribution is 4.86. The lowest BCUT2D eigenvalue weighted by Crippen LogP contribution is -2.48. The van der Waals surface area contributed by atoms with Gasteiger partial charge in [0.15, 0.2) is 0 Å². The summed E-state index contributed by atoms with van der Waals surface area (Å²) in [4.78, 5) is 2.64. The minimum absolute atomic E-state index is 0.224. The van der Waals surface area contributed by atoms with Crippen LogP contribution in [0.15, 0.2) is 0 Å². The van der Waals surface area contributed by atoms with Crippen molar-refractivity contribution in [3.05, 3.63) is 0 Å². The van der Waals surface area contributed by atoms with Crippen molar-refractivity contribution < 1.29 is 0 Å². The molecule has 0 heterocycles. The van der Waals surface area contributed by atoms with Crippen LogP contribution in [0.2, 0.25) is 0 Å². The molecule has 1 fully saturated rings. The van der Waals surface area contributed by atoms with Gasteiger partial charge in [-0.2, -0.15) is 0 Å². The van der Waals surface area contributed by atoms with E-state index < -0.39 is 0 Å². The van der Waals surface area contributed by atoms with E-state index in [1.54, 1.807) is 0 Å². The van der Waals surface area contributed by atoms with Gasteiger partial charge in [0, 0.05) is 17.6 Å². The molecular formula is C18H38N2. The van der Waals surface area contributed by atoms with Crippen LogP contribution in [0, 0.1) is 11.3 Å². The smallest absolute Gasteiger partial charge is 0.0105 e. The number of nitrogens with zero attached hydrogens (tertiary/aromatic N) is 1. The zero-order valence-electron chi connectivity index (χ0n) is 15.2. The topological polar surface area (TPSA) is 15.3 Å². The predicted molar refractivity (Wildman–Crippen MR) is 90.2 cm³/mol. The molecule has 0 aromatic carbocycles. The van der Waals surface area contributed by atoms with Crippen LogP contribution in [-0.2, 0) is 0 Å². The van der Waals surface area contributed by atoms with Crippen molar-refractivity contribution >= 4 is 0 Å². The maximum atomic E-state index is 3.65. The maximum absolute atomic E-state index is 3.65. The molecular weight excluding hydrogens is 244 g/mol. The van der Waals surface area contributed by atoms with Gasteiger partial charge >= 0.3 is 0 Å². The molecule has 0 aromatic rings. The van der Waals surface area contributed by atoms with Crippen LogP contribution in [0.5, 0.6) is 0 Å². The van der Waals surface area contributed by atoms with E-state index in [-0.39, 0.29) is 5.54 Å². The second kappa shape index (κ2) is 6.79. The number of hydrogen-bond acceptors (Lipinski definition) is 2. The fraction of sp³-hybridized carbons (Fsp3) is 1.00. The summed E-state index contributed by atoms with van der Waals surface area (Å²) in [5.41, 5.74) is 0.793. The summed E-state index contributed by atoms with van der Waals surface area (Å²) in [6.45, 7) is 17.5. The molecule has 1 rings (SSSR count). The van der Waals surface area contributed by atoms with Crippen LogP contribution < -0.4 is 5.32 Å². The van der Waals surface area contributed by atoms with E-state index in [1.807, 2.05) is 0 Å². The summed E-state index contributed by atoms with van der Waals surface area (Å²) in [7, 11) is 2.33. The van der Waals surface area contributed by atoms with Crippen molar-refractivity contribution in [1.82, 2.24) is 10.2 Å². The molecule has 2 unspecified atom stereocenters. The van der Waals surface area contributed by atoms with Crippen molar-refractivity contribution in [2.24, 2.45) is 11.3 Å². The molecule has 20 heavy (non-hydrogen) atoms. The first kappa shape index (κ1) is 18.0. The Morgan fingerprint density at radius 2 is 1.65 bits per heavy atom. The molecule has 0 spiro atoms. The summed E-state index contributed by atoms with van der Waals surface area (Å²) in [5, 5.41) is 3.65. The molecule has 0 aromatic heterocycles. The summed E-state index contributed by atoms with van der Waals surface area (Å²) >= 11 is 0. The molecule has 1 aliphatic rings. The molecule has 0 aliphatic heterocycles. The third-order valence-corrected chi connectivity index (χ3v) is 5.30. The average molecular weight is 283 g/mol. The molecule has 1 N–H and O–H groups in total. The van der Waals surface area contributed by atoms with Gasteiger partial charge in [0.25, 0.3) is 0 Å². The summed E-state index contributed by atoms with van der Waals surface area (Å²) in [6.07, 6.45) is 5.49. The number of rotatable bonds is 5. The highest BCUT2D eigenvalue weighted by atomic mass is 15.2. The first-order valence-electron chi connectivity index (χ1n) is 8.49. The van der Waals surface area contributed by atoms with Gasteiger partial charge in [0.1, 0.15) is 0 Å². The zero-order valence-corrected chi connectivity index (χ0v) is 15.2. The zero-order chi connectivity index (χ0) is 15.6. The minimum Gasteiger partial charge on any atom is -0.312 e. The third kappa shape index (κ3) is 5.73. The van der Waals surface area contributed by atoms with Gasteiger partial charge in [-0.3, -0.25) is 0 Å². The molecule has 120 valence electrons. The largest absolute Gasteiger partial charge is 0.312 e. The summed E-state index contributed by atoms with van der Waals surface area (Å²) in [5.74, 6) is 0.689. The van der Waals surface area contributed by atoms with Crippen LogP contribution in [0.1, 0.15) is 74.1 Å². The van der Waals surface area contributed by atoms with E-state index in [1.165, 1.54) is 25.7 Å². The van der Waals surface area contributed by atoms with Crippen LogP contribution in [0.3, 0.4) is 0 Å². The average Bonchev–Trinajstić information content (AvgIpc) is 2.33. The van der Waals surface area contributed by atoms with Gasteiger partial charge in [0.05, 0.1) is 0 Å². The van der Waals surface area contributed by atoms with Gasteiger partial charge in [-0.15, -0.1) is 0 Å². The Labute approximate surface area is 127 Å². The lowest BCUT2D eigenvalue weighted by molar-refractivity contribution is 0.0782. The molecule has 0 saturated heterocycles. The molecule has 1 saturated carbocycles. The van der Waals surface area contributed by atoms with Crippen LogP contribution in [0.25, 0.3) is 0 Å². The van der Waals surface area contributed by atoms with E-state index in [0.29, 0.717) is 17.4 Å². The molecule has 0 amide bonds. The second-order valence-corrected chi connectivity index (χ2v) is 8.91.